The van der Waals surface area contributed by atoms with Crippen LogP contribution in [0.25, 0.3) is 0 Å². The van der Waals surface area contributed by atoms with Crippen molar-refractivity contribution in [2.75, 3.05) is 0 Å². The number of phenolic OH excluding ortho intramolecular Hbond substituents is 2. The molecule has 0 saturated carbocycles. The van der Waals surface area contributed by atoms with Gasteiger partial charge < -0.3 is 10.2 Å². The molecule has 5 N–H and O–H groups in total. The molecule has 14 heteroatoms. The molecule has 1 aromatic carbocycles. The first-order chi connectivity index (χ1) is 12.7. The monoisotopic (exact) mass is 396 g/mol. The lowest BCUT2D eigenvalue weighted by Crippen LogP contribution is -2.30. The van der Waals surface area contributed by atoms with E-state index in [2.05, 4.69) is 15.6 Å². The molecular formula is C13H12N6O7S. The van der Waals surface area contributed by atoms with Crippen molar-refractivity contribution in [2.45, 2.75) is 17.2 Å². The molecular weight excluding hydrogens is 384 g/mol. The zero-order valence-corrected chi connectivity index (χ0v) is 14.3. The average Bonchev–Trinajstić information content (AvgIpc) is 2.58. The summed E-state index contributed by atoms with van der Waals surface area (Å²) < 4.78 is 0. The maximum Gasteiger partial charge on any atom is 0.342 e. The maximum atomic E-state index is 12.0. The Morgan fingerprint density at radius 1 is 1.41 bits per heavy atom. The van der Waals surface area contributed by atoms with Gasteiger partial charge in [0, 0.05) is 17.7 Å². The molecule has 13 nitrogen and oxygen atoms in total. The van der Waals surface area contributed by atoms with Crippen molar-refractivity contribution >= 4 is 29.6 Å². The van der Waals surface area contributed by atoms with Gasteiger partial charge >= 0.3 is 11.4 Å². The average molecular weight is 396 g/mol. The van der Waals surface area contributed by atoms with E-state index in [4.69, 9.17) is 0 Å². The van der Waals surface area contributed by atoms with Gasteiger partial charge in [-0.15, -0.1) is 0 Å². The largest absolute Gasteiger partial charge is 0.507 e. The van der Waals surface area contributed by atoms with Gasteiger partial charge in [-0.25, -0.2) is 15.3 Å². The van der Waals surface area contributed by atoms with E-state index < -0.39 is 44.5 Å². The van der Waals surface area contributed by atoms with Gasteiger partial charge in [0.2, 0.25) is 0 Å². The summed E-state index contributed by atoms with van der Waals surface area (Å²) >= 11 is 0.762. The second-order valence-corrected chi connectivity index (χ2v) is 6.29. The first kappa shape index (κ1) is 19.6. The number of thioether (sulfide) groups is 1. The van der Waals surface area contributed by atoms with Gasteiger partial charge in [0.05, 0.1) is 16.4 Å². The first-order valence-electron chi connectivity index (χ1n) is 7.08. The van der Waals surface area contributed by atoms with Crippen molar-refractivity contribution in [3.63, 3.8) is 0 Å². The number of phenols is 2. The number of aromatic amines is 2. The number of nitro benzene ring substituents is 1. The fourth-order valence-corrected chi connectivity index (χ4v) is 2.48. The predicted molar refractivity (Wildman–Crippen MR) is 93.0 cm³/mol. The van der Waals surface area contributed by atoms with Gasteiger partial charge in [0.25, 0.3) is 11.5 Å². The topological polar surface area (TPSA) is 204 Å². The van der Waals surface area contributed by atoms with Crippen LogP contribution in [0, 0.1) is 10.1 Å². The molecule has 0 spiro atoms. The lowest BCUT2D eigenvalue weighted by Gasteiger charge is -2.07. The second kappa shape index (κ2) is 8.13. The van der Waals surface area contributed by atoms with Crippen molar-refractivity contribution in [3.05, 3.63) is 48.6 Å². The zero-order chi connectivity index (χ0) is 20.1. The van der Waals surface area contributed by atoms with Gasteiger partial charge in [0.1, 0.15) is 5.75 Å². The fourth-order valence-electron chi connectivity index (χ4n) is 1.73. The molecule has 1 amide bonds. The van der Waals surface area contributed by atoms with Crippen LogP contribution < -0.4 is 16.7 Å². The van der Waals surface area contributed by atoms with Crippen LogP contribution in [0.5, 0.6) is 11.5 Å². The maximum absolute atomic E-state index is 12.0. The first-order valence-corrected chi connectivity index (χ1v) is 7.96. The SMILES string of the molecule is CC(Sc1n[nH]c(=O)[nH]c1=O)C(=O)N/N=C/c1cc([N+](=O)[O-])c(O)cc1O. The Morgan fingerprint density at radius 3 is 2.74 bits per heavy atom. The lowest BCUT2D eigenvalue weighted by molar-refractivity contribution is -0.385. The third-order valence-electron chi connectivity index (χ3n) is 3.04. The van der Waals surface area contributed by atoms with E-state index in [1.165, 1.54) is 6.92 Å². The summed E-state index contributed by atoms with van der Waals surface area (Å²) in [4.78, 5) is 46.3. The number of hydrogen-bond acceptors (Lipinski definition) is 10. The Balaban J connectivity index is 2.06. The summed E-state index contributed by atoms with van der Waals surface area (Å²) in [6.07, 6.45) is 0.947. The number of H-pyrrole nitrogens is 2. The number of nitrogens with one attached hydrogen (secondary N) is 3. The van der Waals surface area contributed by atoms with Crippen LogP contribution in [0.1, 0.15) is 12.5 Å². The van der Waals surface area contributed by atoms with Crippen molar-refractivity contribution in [2.24, 2.45) is 5.10 Å². The highest BCUT2D eigenvalue weighted by Gasteiger charge is 2.18. The summed E-state index contributed by atoms with van der Waals surface area (Å²) in [5, 5.41) is 38.0. The summed E-state index contributed by atoms with van der Waals surface area (Å²) in [5.74, 6) is -1.85. The Morgan fingerprint density at radius 2 is 2.11 bits per heavy atom. The molecule has 0 saturated heterocycles. The number of aromatic nitrogens is 3. The number of hydrazone groups is 1. The summed E-state index contributed by atoms with van der Waals surface area (Å²) in [6.45, 7) is 1.45. The normalized spacial score (nSPS) is 12.0. The molecule has 0 fully saturated rings. The predicted octanol–water partition coefficient (Wildman–Crippen LogP) is -0.591. The van der Waals surface area contributed by atoms with Crippen molar-refractivity contribution < 1.29 is 19.9 Å². The van der Waals surface area contributed by atoms with Gasteiger partial charge in [-0.3, -0.25) is 24.7 Å². The number of carbonyl (C=O) groups excluding carboxylic acids is 1. The van der Waals surface area contributed by atoms with Crippen molar-refractivity contribution in [3.8, 4) is 11.5 Å². The third kappa shape index (κ3) is 4.91. The molecule has 0 radical (unpaired) electrons. The minimum Gasteiger partial charge on any atom is -0.507 e. The highest BCUT2D eigenvalue weighted by Crippen LogP contribution is 2.31. The zero-order valence-electron chi connectivity index (χ0n) is 13.5. The minimum atomic E-state index is -0.849. The minimum absolute atomic E-state index is 0.112. The molecule has 0 aliphatic carbocycles. The Bertz CT molecular complexity index is 1030. The van der Waals surface area contributed by atoms with E-state index in [0.717, 1.165) is 30.1 Å². The van der Waals surface area contributed by atoms with E-state index in [0.29, 0.717) is 0 Å². The third-order valence-corrected chi connectivity index (χ3v) is 4.10. The lowest BCUT2D eigenvalue weighted by atomic mass is 10.2. The number of benzene rings is 1. The van der Waals surface area contributed by atoms with Crippen molar-refractivity contribution in [1.29, 1.82) is 0 Å². The molecule has 2 aromatic rings. The molecule has 142 valence electrons. The van der Waals surface area contributed by atoms with Crippen LogP contribution in [0.2, 0.25) is 0 Å². The Hall–Kier alpha value is -3.68. The van der Waals surface area contributed by atoms with Gasteiger partial charge in [-0.05, 0) is 6.92 Å². The van der Waals surface area contributed by atoms with Gasteiger partial charge in [-0.2, -0.15) is 10.2 Å². The molecule has 1 aromatic heterocycles. The molecule has 0 aliphatic rings. The fraction of sp³-hybridized carbons (Fsp3) is 0.154. The quantitative estimate of drug-likeness (QED) is 0.183. The molecule has 2 rings (SSSR count). The van der Waals surface area contributed by atoms with Crippen LogP contribution in [0.4, 0.5) is 5.69 Å². The number of carbonyl (C=O) groups is 1. The van der Waals surface area contributed by atoms with Crippen LogP contribution >= 0.6 is 11.8 Å². The van der Waals surface area contributed by atoms with E-state index in [9.17, 15) is 34.7 Å². The van der Waals surface area contributed by atoms with E-state index in [-0.39, 0.29) is 10.6 Å². The van der Waals surface area contributed by atoms with E-state index in [1.54, 1.807) is 0 Å². The molecule has 1 atom stereocenters. The van der Waals surface area contributed by atoms with E-state index >= 15 is 0 Å². The smallest absolute Gasteiger partial charge is 0.342 e. The molecule has 1 heterocycles. The van der Waals surface area contributed by atoms with Crippen molar-refractivity contribution in [1.82, 2.24) is 20.6 Å². The number of nitrogens with zero attached hydrogens (tertiary/aromatic N) is 3. The van der Waals surface area contributed by atoms with Gasteiger partial charge in [0.15, 0.2) is 10.8 Å². The van der Waals surface area contributed by atoms with Crippen LogP contribution in [0.3, 0.4) is 0 Å². The summed E-state index contributed by atoms with van der Waals surface area (Å²) in [5.41, 5.74) is -0.171. The Labute approximate surface area is 153 Å². The molecule has 27 heavy (non-hydrogen) atoms. The highest BCUT2D eigenvalue weighted by atomic mass is 32.2. The molecule has 0 bridgehead atoms. The van der Waals surface area contributed by atoms with Crippen LogP contribution in [-0.2, 0) is 4.79 Å². The van der Waals surface area contributed by atoms with E-state index in [1.807, 2.05) is 10.1 Å². The number of aromatic hydroxyl groups is 2. The highest BCUT2D eigenvalue weighted by molar-refractivity contribution is 8.00. The Kier molecular flexibility index (Phi) is 5.92. The number of amides is 1. The summed E-state index contributed by atoms with van der Waals surface area (Å²) in [7, 11) is 0. The second-order valence-electron chi connectivity index (χ2n) is 4.96. The van der Waals surface area contributed by atoms with Gasteiger partial charge in [-0.1, -0.05) is 11.8 Å². The van der Waals surface area contributed by atoms with Crippen LogP contribution in [-0.4, -0.2) is 47.7 Å². The number of hydrogen-bond donors (Lipinski definition) is 5. The number of rotatable bonds is 6. The standard InChI is InChI=1S/C13H12N6O7S/c1-5(27-12-11(23)15-13(24)18-17-12)10(22)16-14-4-6-2-7(19(25)26)9(21)3-8(6)20/h2-5,20-21H,1H3,(H,16,22)(H2,15,18,23,24)/b14-4+. The summed E-state index contributed by atoms with van der Waals surface area (Å²) in [6, 6.07) is 1.65. The number of nitro groups is 1. The molecule has 0 aliphatic heterocycles. The van der Waals surface area contributed by atoms with Crippen LogP contribution in [0.15, 0.2) is 31.8 Å². The molecule has 1 unspecified atom stereocenters.